The van der Waals surface area contributed by atoms with Crippen LogP contribution in [0.4, 0.5) is 4.39 Å². The zero-order chi connectivity index (χ0) is 22.8. The van der Waals surface area contributed by atoms with Gasteiger partial charge in [-0.05, 0) is 49.4 Å². The van der Waals surface area contributed by atoms with Crippen molar-refractivity contribution >= 4 is 22.7 Å². The van der Waals surface area contributed by atoms with Gasteiger partial charge in [-0.25, -0.2) is 4.39 Å². The van der Waals surface area contributed by atoms with Crippen molar-refractivity contribution in [3.63, 3.8) is 0 Å². The maximum atomic E-state index is 14.1. The zero-order valence-corrected chi connectivity index (χ0v) is 18.1. The fraction of sp³-hybridized carbons (Fsp3) is 0.280. The van der Waals surface area contributed by atoms with E-state index in [9.17, 15) is 19.1 Å². The number of Topliss-reactive ketones (excluding diaryl/α,β-unsaturated/α-hetero) is 1. The first-order valence-corrected chi connectivity index (χ1v) is 10.8. The summed E-state index contributed by atoms with van der Waals surface area (Å²) >= 11 is 0. The minimum absolute atomic E-state index is 0.0139. The summed E-state index contributed by atoms with van der Waals surface area (Å²) in [5, 5.41) is 13.7. The Balaban J connectivity index is 1.75. The normalized spacial score (nSPS) is 16.6. The number of ketones is 1. The summed E-state index contributed by atoms with van der Waals surface area (Å²) in [6, 6.07) is 13.4. The highest BCUT2D eigenvalue weighted by Gasteiger charge is 2.40. The minimum atomic E-state index is -0.957. The van der Waals surface area contributed by atoms with E-state index in [1.165, 1.54) is 28.0 Å². The van der Waals surface area contributed by atoms with Crippen LogP contribution < -0.4 is 10.0 Å². The molecule has 2 aromatic carbocycles. The van der Waals surface area contributed by atoms with Crippen molar-refractivity contribution in [1.29, 1.82) is 0 Å². The van der Waals surface area contributed by atoms with Crippen LogP contribution in [-0.4, -0.2) is 42.8 Å². The molecule has 1 aromatic heterocycles. The molecule has 1 aliphatic heterocycles. The number of rotatable bonds is 8. The number of carbonyl (C=O) groups is 2. The molecule has 0 saturated carbocycles. The Hall–Kier alpha value is -3.45. The molecular weight excluding hydrogens is 411 g/mol. The third kappa shape index (κ3) is 3.91. The van der Waals surface area contributed by atoms with E-state index in [0.717, 1.165) is 18.5 Å². The van der Waals surface area contributed by atoms with E-state index in [1.54, 1.807) is 30.3 Å². The summed E-state index contributed by atoms with van der Waals surface area (Å²) in [6.07, 6.45) is 0. The quantitative estimate of drug-likeness (QED) is 0.547. The average Bonchev–Trinajstić information content (AvgIpc) is 3.34. The Morgan fingerprint density at radius 2 is 1.88 bits per heavy atom. The summed E-state index contributed by atoms with van der Waals surface area (Å²) in [5.41, 5.74) is 0.699. The van der Waals surface area contributed by atoms with Crippen LogP contribution in [0.25, 0.3) is 11.0 Å². The van der Waals surface area contributed by atoms with Crippen molar-refractivity contribution in [2.75, 3.05) is 26.2 Å². The van der Waals surface area contributed by atoms with Crippen LogP contribution in [0.3, 0.4) is 0 Å². The summed E-state index contributed by atoms with van der Waals surface area (Å²) in [7, 11) is 0. The second-order valence-corrected chi connectivity index (χ2v) is 7.88. The molecule has 0 aliphatic carbocycles. The van der Waals surface area contributed by atoms with Gasteiger partial charge in [-0.3, -0.25) is 9.59 Å². The molecule has 32 heavy (non-hydrogen) atoms. The first-order valence-electron chi connectivity index (χ1n) is 10.8. The molecule has 1 atom stereocenters. The Labute approximate surface area is 185 Å². The van der Waals surface area contributed by atoms with Gasteiger partial charge in [0.05, 0.1) is 32.2 Å². The molecule has 3 aromatic rings. The first kappa shape index (κ1) is 21.8. The van der Waals surface area contributed by atoms with Crippen LogP contribution in [0.1, 0.15) is 36.0 Å². The molecule has 0 saturated heterocycles. The maximum absolute atomic E-state index is 14.1. The number of hydrogen-bond acceptors (Lipinski definition) is 4. The first-order chi connectivity index (χ1) is 15.4. The molecule has 0 spiro atoms. The van der Waals surface area contributed by atoms with E-state index in [1.807, 2.05) is 19.9 Å². The van der Waals surface area contributed by atoms with E-state index in [2.05, 4.69) is 0 Å². The zero-order valence-electron chi connectivity index (χ0n) is 18.1. The van der Waals surface area contributed by atoms with Gasteiger partial charge < -0.3 is 19.3 Å². The SMILES string of the molecule is CC[NH+](CC)CCN1C(=O)C([O-])=C(C(=O)c2cc3ccccc3o2)C1c1cccc(F)c1. The number of likely N-dealkylation sites (N-methyl/N-ethyl adjacent to an activating group) is 1. The van der Waals surface area contributed by atoms with Crippen LogP contribution in [0.15, 0.2) is 70.3 Å². The van der Waals surface area contributed by atoms with Crippen molar-refractivity contribution in [3.05, 3.63) is 83.1 Å². The minimum Gasteiger partial charge on any atom is -0.868 e. The van der Waals surface area contributed by atoms with Gasteiger partial charge in [0.15, 0.2) is 5.76 Å². The number of benzene rings is 2. The van der Waals surface area contributed by atoms with Gasteiger partial charge in [0, 0.05) is 11.0 Å². The highest BCUT2D eigenvalue weighted by Crippen LogP contribution is 2.38. The standard InChI is InChI=1S/C25H25FN2O4/c1-3-27(4-2)12-13-28-22(17-9-7-10-18(26)14-17)21(24(30)25(28)31)23(29)20-15-16-8-5-6-11-19(16)32-20/h5-11,14-15,22,30H,3-4,12-13H2,1-2H3. The fourth-order valence-corrected chi connectivity index (χ4v) is 4.23. The van der Waals surface area contributed by atoms with Gasteiger partial charge in [0.2, 0.25) is 11.7 Å². The highest BCUT2D eigenvalue weighted by molar-refractivity contribution is 6.15. The number of nitrogens with zero attached hydrogens (tertiary/aromatic N) is 1. The predicted molar refractivity (Wildman–Crippen MR) is 115 cm³/mol. The van der Waals surface area contributed by atoms with Crippen LogP contribution >= 0.6 is 0 Å². The molecule has 6 nitrogen and oxygen atoms in total. The Bertz CT molecular complexity index is 1160. The molecular formula is C25H25FN2O4. The molecule has 0 bridgehead atoms. The molecule has 1 N–H and O–H groups in total. The van der Waals surface area contributed by atoms with Gasteiger partial charge in [-0.15, -0.1) is 0 Å². The molecule has 166 valence electrons. The van der Waals surface area contributed by atoms with Gasteiger partial charge in [0.25, 0.3) is 0 Å². The van der Waals surface area contributed by atoms with Gasteiger partial charge in [-0.2, -0.15) is 0 Å². The molecule has 7 heteroatoms. The fourth-order valence-electron chi connectivity index (χ4n) is 4.23. The van der Waals surface area contributed by atoms with E-state index in [-0.39, 0.29) is 17.9 Å². The number of para-hydroxylation sites is 1. The van der Waals surface area contributed by atoms with Gasteiger partial charge >= 0.3 is 0 Å². The van der Waals surface area contributed by atoms with Crippen LogP contribution in [0.2, 0.25) is 0 Å². The Kier molecular flexibility index (Phi) is 6.10. The molecule has 0 radical (unpaired) electrons. The number of quaternary nitrogens is 1. The summed E-state index contributed by atoms with van der Waals surface area (Å²) in [4.78, 5) is 29.0. The van der Waals surface area contributed by atoms with Crippen molar-refractivity contribution < 1.29 is 28.4 Å². The lowest BCUT2D eigenvalue weighted by atomic mass is 9.95. The van der Waals surface area contributed by atoms with Crippen LogP contribution in [0.5, 0.6) is 0 Å². The van der Waals surface area contributed by atoms with E-state index in [0.29, 0.717) is 17.7 Å². The Morgan fingerprint density at radius 3 is 2.56 bits per heavy atom. The van der Waals surface area contributed by atoms with Gasteiger partial charge in [0.1, 0.15) is 11.4 Å². The van der Waals surface area contributed by atoms with Crippen LogP contribution in [-0.2, 0) is 4.79 Å². The highest BCUT2D eigenvalue weighted by atomic mass is 19.1. The number of carbonyl (C=O) groups excluding carboxylic acids is 2. The van der Waals surface area contributed by atoms with E-state index >= 15 is 0 Å². The smallest absolute Gasteiger partial charge is 0.240 e. The molecule has 4 rings (SSSR count). The monoisotopic (exact) mass is 436 g/mol. The number of fused-ring (bicyclic) bond motifs is 1. The summed E-state index contributed by atoms with van der Waals surface area (Å²) < 4.78 is 19.7. The molecule has 2 heterocycles. The number of halogens is 1. The third-order valence-corrected chi connectivity index (χ3v) is 6.05. The molecule has 1 aliphatic rings. The Morgan fingerprint density at radius 1 is 1.12 bits per heavy atom. The molecule has 1 unspecified atom stereocenters. The third-order valence-electron chi connectivity index (χ3n) is 6.05. The largest absolute Gasteiger partial charge is 0.868 e. The average molecular weight is 436 g/mol. The number of nitrogens with one attached hydrogen (secondary N) is 1. The van der Waals surface area contributed by atoms with Crippen molar-refractivity contribution in [1.82, 2.24) is 4.90 Å². The van der Waals surface area contributed by atoms with Gasteiger partial charge in [-0.1, -0.05) is 30.3 Å². The van der Waals surface area contributed by atoms with Crippen molar-refractivity contribution in [2.45, 2.75) is 19.9 Å². The second kappa shape index (κ2) is 8.96. The molecule has 0 fully saturated rings. The number of amides is 1. The van der Waals surface area contributed by atoms with Crippen LogP contribution in [0, 0.1) is 5.82 Å². The topological polar surface area (TPSA) is 78.0 Å². The number of hydrogen-bond donors (Lipinski definition) is 1. The predicted octanol–water partition coefficient (Wildman–Crippen LogP) is 1.88. The lowest BCUT2D eigenvalue weighted by Gasteiger charge is -2.28. The number of furan rings is 1. The summed E-state index contributed by atoms with van der Waals surface area (Å²) in [5.74, 6) is -2.77. The van der Waals surface area contributed by atoms with Crippen molar-refractivity contribution in [2.24, 2.45) is 0 Å². The maximum Gasteiger partial charge on any atom is 0.240 e. The summed E-state index contributed by atoms with van der Waals surface area (Å²) in [6.45, 7) is 6.71. The van der Waals surface area contributed by atoms with E-state index in [4.69, 9.17) is 4.42 Å². The van der Waals surface area contributed by atoms with Crippen molar-refractivity contribution in [3.8, 4) is 0 Å². The second-order valence-electron chi connectivity index (χ2n) is 7.88. The lowest BCUT2D eigenvalue weighted by molar-refractivity contribution is -0.895. The lowest BCUT2D eigenvalue weighted by Crippen LogP contribution is -3.12. The molecule has 1 amide bonds. The van der Waals surface area contributed by atoms with E-state index < -0.39 is 29.3 Å².